The van der Waals surface area contributed by atoms with Crippen molar-refractivity contribution in [3.63, 3.8) is 0 Å². The Balaban J connectivity index is 1.41. The Hall–Kier alpha value is -4.31. The number of nitro benzene ring substituents is 1. The molecule has 2 aliphatic rings. The summed E-state index contributed by atoms with van der Waals surface area (Å²) >= 11 is 1.26. The second-order valence-corrected chi connectivity index (χ2v) is 8.19. The molecule has 5 rings (SSSR count). The van der Waals surface area contributed by atoms with Crippen LogP contribution in [0.2, 0.25) is 0 Å². The number of rotatable bonds is 5. The molecule has 10 heteroatoms. The number of amides is 1. The van der Waals surface area contributed by atoms with E-state index in [9.17, 15) is 14.9 Å². The van der Waals surface area contributed by atoms with E-state index >= 15 is 0 Å². The summed E-state index contributed by atoms with van der Waals surface area (Å²) in [5.41, 5.74) is 1.32. The first-order chi connectivity index (χ1) is 16.0. The predicted octanol–water partition coefficient (Wildman–Crippen LogP) is 4.72. The van der Waals surface area contributed by atoms with Crippen molar-refractivity contribution in [2.75, 3.05) is 0 Å². The van der Waals surface area contributed by atoms with Crippen molar-refractivity contribution >= 4 is 45.5 Å². The van der Waals surface area contributed by atoms with Crippen LogP contribution < -0.4 is 0 Å². The summed E-state index contributed by atoms with van der Waals surface area (Å²) in [6, 6.07) is 19.2. The Labute approximate surface area is 191 Å². The van der Waals surface area contributed by atoms with Crippen molar-refractivity contribution in [2.24, 2.45) is 10.1 Å². The summed E-state index contributed by atoms with van der Waals surface area (Å²) in [6.07, 6.45) is 1.97. The van der Waals surface area contributed by atoms with E-state index in [1.54, 1.807) is 30.3 Å². The van der Waals surface area contributed by atoms with Crippen LogP contribution in [0.15, 0.2) is 86.8 Å². The molecule has 1 N–H and O–H groups in total. The van der Waals surface area contributed by atoms with Crippen molar-refractivity contribution in [3.8, 4) is 11.3 Å². The highest BCUT2D eigenvalue weighted by Crippen LogP contribution is 2.33. The Morgan fingerprint density at radius 3 is 2.64 bits per heavy atom. The van der Waals surface area contributed by atoms with Gasteiger partial charge in [-0.05, 0) is 41.6 Å². The molecule has 33 heavy (non-hydrogen) atoms. The molecule has 0 saturated carbocycles. The van der Waals surface area contributed by atoms with Gasteiger partial charge in [-0.1, -0.05) is 42.5 Å². The Kier molecular flexibility index (Phi) is 5.19. The van der Waals surface area contributed by atoms with Gasteiger partial charge in [-0.25, -0.2) is 0 Å². The molecular weight excluding hydrogens is 442 g/mol. The molecule has 0 radical (unpaired) electrons. The number of hydrogen-bond donors (Lipinski definition) is 1. The maximum Gasteiger partial charge on any atom is 0.283 e. The summed E-state index contributed by atoms with van der Waals surface area (Å²) in [5, 5.41) is 26.6. The zero-order valence-electron chi connectivity index (χ0n) is 17.0. The van der Waals surface area contributed by atoms with Crippen LogP contribution in [0.25, 0.3) is 17.4 Å². The molecular formula is C23H15N5O4S. The molecule has 162 valence electrons. The number of para-hydroxylation sites is 1. The van der Waals surface area contributed by atoms with Gasteiger partial charge in [-0.2, -0.15) is 15.1 Å². The number of carbonyl (C=O) groups is 1. The summed E-state index contributed by atoms with van der Waals surface area (Å²) in [7, 11) is 0. The highest BCUT2D eigenvalue weighted by atomic mass is 32.2. The molecule has 0 atom stereocenters. The average molecular weight is 457 g/mol. The number of fused-ring (bicyclic) bond motifs is 1. The standard InChI is InChI=1S/C23H15N5O4S/c24-21-17(13-15-10-11-19(32-15)16-8-4-5-9-18(16)28(30)31)22(29)25-23-27(21)26-20(33-23)12-14-6-2-1-3-7-14/h1-11,13,24H,12H2. The summed E-state index contributed by atoms with van der Waals surface area (Å²) < 4.78 is 5.73. The second-order valence-electron chi connectivity index (χ2n) is 7.15. The molecule has 2 aromatic carbocycles. The van der Waals surface area contributed by atoms with Gasteiger partial charge in [0.2, 0.25) is 5.17 Å². The number of hydrazone groups is 1. The molecule has 0 fully saturated rings. The number of aliphatic imine (C=N–C) groups is 1. The van der Waals surface area contributed by atoms with E-state index < -0.39 is 10.8 Å². The van der Waals surface area contributed by atoms with Crippen LogP contribution in [0.4, 0.5) is 5.69 Å². The van der Waals surface area contributed by atoms with Crippen LogP contribution in [0.5, 0.6) is 0 Å². The van der Waals surface area contributed by atoms with E-state index in [0.717, 1.165) is 10.6 Å². The van der Waals surface area contributed by atoms with Crippen molar-refractivity contribution in [1.29, 1.82) is 5.41 Å². The van der Waals surface area contributed by atoms with Gasteiger partial charge >= 0.3 is 0 Å². The summed E-state index contributed by atoms with van der Waals surface area (Å²) in [6.45, 7) is 0. The fraction of sp³-hybridized carbons (Fsp3) is 0.0435. The maximum absolute atomic E-state index is 12.6. The minimum absolute atomic E-state index is 0.0209. The minimum atomic E-state index is -0.571. The van der Waals surface area contributed by atoms with E-state index in [4.69, 9.17) is 9.83 Å². The molecule has 0 saturated heterocycles. The number of nitro groups is 1. The summed E-state index contributed by atoms with van der Waals surface area (Å²) in [5.74, 6) is -0.119. The Morgan fingerprint density at radius 1 is 1.09 bits per heavy atom. The molecule has 1 amide bonds. The van der Waals surface area contributed by atoms with Gasteiger partial charge in [0, 0.05) is 12.5 Å². The minimum Gasteiger partial charge on any atom is -0.456 e. The lowest BCUT2D eigenvalue weighted by Gasteiger charge is -2.19. The molecule has 0 unspecified atom stereocenters. The molecule has 3 aromatic rings. The normalized spacial score (nSPS) is 16.6. The molecule has 3 heterocycles. The Bertz CT molecular complexity index is 1390. The third-order valence-corrected chi connectivity index (χ3v) is 5.88. The van der Waals surface area contributed by atoms with E-state index in [1.807, 2.05) is 30.3 Å². The molecule has 1 aromatic heterocycles. The topological polar surface area (TPSA) is 125 Å². The molecule has 0 bridgehead atoms. The molecule has 0 aliphatic carbocycles. The van der Waals surface area contributed by atoms with E-state index in [1.165, 1.54) is 28.9 Å². The lowest BCUT2D eigenvalue weighted by atomic mass is 10.1. The van der Waals surface area contributed by atoms with E-state index in [-0.39, 0.29) is 28.6 Å². The third-order valence-electron chi connectivity index (χ3n) is 4.97. The molecule has 9 nitrogen and oxygen atoms in total. The number of hydrogen-bond acceptors (Lipinski definition) is 7. The zero-order valence-corrected chi connectivity index (χ0v) is 17.8. The van der Waals surface area contributed by atoms with Crippen LogP contribution in [-0.4, -0.2) is 31.9 Å². The molecule has 0 spiro atoms. The number of carbonyl (C=O) groups excluding carboxylic acids is 1. The lowest BCUT2D eigenvalue weighted by molar-refractivity contribution is -0.384. The van der Waals surface area contributed by atoms with Crippen molar-refractivity contribution < 1.29 is 14.1 Å². The molecule has 2 aliphatic heterocycles. The lowest BCUT2D eigenvalue weighted by Crippen LogP contribution is -2.35. The van der Waals surface area contributed by atoms with Gasteiger partial charge in [-0.15, -0.1) is 0 Å². The first kappa shape index (κ1) is 20.6. The van der Waals surface area contributed by atoms with Crippen LogP contribution in [-0.2, 0) is 11.2 Å². The largest absolute Gasteiger partial charge is 0.456 e. The zero-order chi connectivity index (χ0) is 22.9. The fourth-order valence-electron chi connectivity index (χ4n) is 3.43. The quantitative estimate of drug-likeness (QED) is 0.336. The number of furan rings is 1. The summed E-state index contributed by atoms with van der Waals surface area (Å²) in [4.78, 5) is 27.5. The van der Waals surface area contributed by atoms with E-state index in [0.29, 0.717) is 17.2 Å². The number of thioether (sulfide) groups is 1. The number of amidine groups is 2. The van der Waals surface area contributed by atoms with Crippen molar-refractivity contribution in [3.05, 3.63) is 93.7 Å². The van der Waals surface area contributed by atoms with Crippen molar-refractivity contribution in [1.82, 2.24) is 5.01 Å². The monoisotopic (exact) mass is 457 g/mol. The van der Waals surface area contributed by atoms with Gasteiger partial charge in [0.05, 0.1) is 16.1 Å². The van der Waals surface area contributed by atoms with Crippen LogP contribution in [0, 0.1) is 15.5 Å². The first-order valence-electron chi connectivity index (χ1n) is 9.86. The van der Waals surface area contributed by atoms with Crippen LogP contribution >= 0.6 is 11.8 Å². The van der Waals surface area contributed by atoms with Gasteiger partial charge in [0.1, 0.15) is 16.6 Å². The maximum atomic E-state index is 12.6. The SMILES string of the molecule is N=C1C(=Cc2ccc(-c3ccccc3[N+](=O)[O-])o2)C(=O)N=C2SC(Cc3ccccc3)=NN12. The number of nitrogens with one attached hydrogen (secondary N) is 1. The van der Waals surface area contributed by atoms with Gasteiger partial charge in [0.15, 0.2) is 5.84 Å². The smallest absolute Gasteiger partial charge is 0.283 e. The second kappa shape index (κ2) is 8.32. The number of benzene rings is 2. The van der Waals surface area contributed by atoms with Gasteiger partial charge in [-0.3, -0.25) is 20.3 Å². The predicted molar refractivity (Wildman–Crippen MR) is 126 cm³/mol. The van der Waals surface area contributed by atoms with Gasteiger partial charge in [0.25, 0.3) is 11.6 Å². The first-order valence-corrected chi connectivity index (χ1v) is 10.7. The highest BCUT2D eigenvalue weighted by molar-refractivity contribution is 8.26. The van der Waals surface area contributed by atoms with Crippen molar-refractivity contribution in [2.45, 2.75) is 6.42 Å². The Morgan fingerprint density at radius 2 is 1.85 bits per heavy atom. The van der Waals surface area contributed by atoms with Crippen LogP contribution in [0.3, 0.4) is 0 Å². The average Bonchev–Trinajstić information content (AvgIpc) is 3.44. The number of nitrogens with zero attached hydrogens (tertiary/aromatic N) is 4. The van der Waals surface area contributed by atoms with E-state index in [2.05, 4.69) is 10.1 Å². The third kappa shape index (κ3) is 3.99. The van der Waals surface area contributed by atoms with Crippen LogP contribution in [0.1, 0.15) is 11.3 Å². The highest BCUT2D eigenvalue weighted by Gasteiger charge is 2.35. The van der Waals surface area contributed by atoms with Gasteiger partial charge < -0.3 is 4.42 Å². The fourth-order valence-corrected chi connectivity index (χ4v) is 4.35.